The number of Topliss-reactive ketones (excluding diaryl/α,β-unsaturated/α-hetero) is 1. The Kier molecular flexibility index (Phi) is 3.83. The molecule has 0 fully saturated rings. The van der Waals surface area contributed by atoms with Crippen LogP contribution in [-0.4, -0.2) is 22.4 Å². The summed E-state index contributed by atoms with van der Waals surface area (Å²) in [6.07, 6.45) is 1.44. The number of hydrogen-bond acceptors (Lipinski definition) is 4. The third kappa shape index (κ3) is 2.81. The van der Waals surface area contributed by atoms with Gasteiger partial charge in [0.25, 0.3) is 0 Å². The quantitative estimate of drug-likeness (QED) is 0.690. The molecule has 0 aliphatic heterocycles. The lowest BCUT2D eigenvalue weighted by molar-refractivity contribution is 0.0919. The van der Waals surface area contributed by atoms with Crippen LogP contribution in [0.2, 0.25) is 0 Å². The maximum absolute atomic E-state index is 12.2. The molecule has 0 saturated heterocycles. The van der Waals surface area contributed by atoms with Gasteiger partial charge >= 0.3 is 0 Å². The van der Waals surface area contributed by atoms with Crippen molar-refractivity contribution in [2.24, 2.45) is 0 Å². The topological polar surface area (TPSA) is 52.1 Å². The van der Waals surface area contributed by atoms with E-state index in [1.165, 1.54) is 11.9 Å². The normalized spacial score (nSPS) is 10.6. The Morgan fingerprint density at radius 2 is 1.86 bits per heavy atom. The van der Waals surface area contributed by atoms with Crippen LogP contribution in [-0.2, 0) is 0 Å². The highest BCUT2D eigenvalue weighted by molar-refractivity contribution is 5.97. The van der Waals surface area contributed by atoms with E-state index in [9.17, 15) is 4.79 Å². The molecule has 22 heavy (non-hydrogen) atoms. The van der Waals surface area contributed by atoms with Crippen molar-refractivity contribution in [1.82, 2.24) is 9.97 Å². The minimum Gasteiger partial charge on any atom is -0.469 e. The fourth-order valence-corrected chi connectivity index (χ4v) is 2.23. The van der Waals surface area contributed by atoms with Crippen molar-refractivity contribution in [3.8, 4) is 5.88 Å². The van der Waals surface area contributed by atoms with Gasteiger partial charge in [-0.15, -0.1) is 0 Å². The molecule has 0 atom stereocenters. The zero-order valence-corrected chi connectivity index (χ0v) is 12.5. The van der Waals surface area contributed by atoms with Crippen LogP contribution in [0.3, 0.4) is 0 Å². The molecule has 2 aromatic carbocycles. The van der Waals surface area contributed by atoms with Gasteiger partial charge in [-0.2, -0.15) is 0 Å². The summed E-state index contributed by atoms with van der Waals surface area (Å²) < 4.78 is 5.60. The van der Waals surface area contributed by atoms with Crippen LogP contribution in [0.5, 0.6) is 5.88 Å². The van der Waals surface area contributed by atoms with E-state index in [1.54, 1.807) is 0 Å². The molecule has 0 aliphatic rings. The second-order valence-corrected chi connectivity index (χ2v) is 5.21. The number of carbonyl (C=O) groups excluding carboxylic acids is 1. The molecule has 0 unspecified atom stereocenters. The van der Waals surface area contributed by atoms with Crippen molar-refractivity contribution < 1.29 is 9.53 Å². The number of carbonyl (C=O) groups is 1. The predicted molar refractivity (Wildman–Crippen MR) is 85.3 cm³/mol. The molecule has 0 N–H and O–H groups in total. The molecule has 0 aliphatic carbocycles. The number of benzene rings is 2. The number of aryl methyl sites for hydroxylation is 2. The number of ketones is 1. The van der Waals surface area contributed by atoms with Gasteiger partial charge in [0, 0.05) is 5.56 Å². The summed E-state index contributed by atoms with van der Waals surface area (Å²) in [5.41, 5.74) is 3.71. The van der Waals surface area contributed by atoms with E-state index in [4.69, 9.17) is 4.74 Å². The summed E-state index contributed by atoms with van der Waals surface area (Å²) in [5.74, 6) is 0.369. The van der Waals surface area contributed by atoms with Gasteiger partial charge in [-0.1, -0.05) is 24.3 Å². The molecule has 3 rings (SSSR count). The SMILES string of the molecule is Cc1ccc(C(=O)COc2ncnc3ccccc23)cc1C. The molecule has 110 valence electrons. The highest BCUT2D eigenvalue weighted by Crippen LogP contribution is 2.20. The fraction of sp³-hybridized carbons (Fsp3) is 0.167. The Bertz CT molecular complexity index is 838. The van der Waals surface area contributed by atoms with Crippen molar-refractivity contribution in [2.75, 3.05) is 6.61 Å². The van der Waals surface area contributed by atoms with E-state index in [-0.39, 0.29) is 12.4 Å². The molecular weight excluding hydrogens is 276 g/mol. The molecule has 4 nitrogen and oxygen atoms in total. The number of fused-ring (bicyclic) bond motifs is 1. The Morgan fingerprint density at radius 1 is 1.05 bits per heavy atom. The molecule has 0 bridgehead atoms. The van der Waals surface area contributed by atoms with E-state index in [2.05, 4.69) is 9.97 Å². The molecule has 0 radical (unpaired) electrons. The Balaban J connectivity index is 1.79. The number of aromatic nitrogens is 2. The summed E-state index contributed by atoms with van der Waals surface area (Å²) in [7, 11) is 0. The van der Waals surface area contributed by atoms with Gasteiger partial charge in [-0.25, -0.2) is 9.97 Å². The molecule has 0 amide bonds. The van der Waals surface area contributed by atoms with Crippen LogP contribution in [0.4, 0.5) is 0 Å². The van der Waals surface area contributed by atoms with Gasteiger partial charge in [0.05, 0.1) is 10.9 Å². The van der Waals surface area contributed by atoms with Gasteiger partial charge in [0.1, 0.15) is 6.33 Å². The lowest BCUT2D eigenvalue weighted by Crippen LogP contribution is -2.12. The largest absolute Gasteiger partial charge is 0.469 e. The Labute approximate surface area is 128 Å². The lowest BCUT2D eigenvalue weighted by Gasteiger charge is -2.08. The van der Waals surface area contributed by atoms with E-state index < -0.39 is 0 Å². The average Bonchev–Trinajstić information content (AvgIpc) is 2.55. The number of ether oxygens (including phenoxy) is 1. The first-order chi connectivity index (χ1) is 10.6. The van der Waals surface area contributed by atoms with Gasteiger partial charge < -0.3 is 4.74 Å². The van der Waals surface area contributed by atoms with E-state index in [0.717, 1.165) is 16.5 Å². The second-order valence-electron chi connectivity index (χ2n) is 5.21. The molecular formula is C18H16N2O2. The number of rotatable bonds is 4. The Morgan fingerprint density at radius 3 is 2.68 bits per heavy atom. The molecule has 0 saturated carbocycles. The Hall–Kier alpha value is -2.75. The molecule has 1 heterocycles. The van der Waals surface area contributed by atoms with E-state index >= 15 is 0 Å². The first kappa shape index (κ1) is 14.2. The number of hydrogen-bond donors (Lipinski definition) is 0. The first-order valence-corrected chi connectivity index (χ1v) is 7.08. The predicted octanol–water partition coefficient (Wildman–Crippen LogP) is 3.51. The molecule has 1 aromatic heterocycles. The van der Waals surface area contributed by atoms with Crippen molar-refractivity contribution >= 4 is 16.7 Å². The molecule has 0 spiro atoms. The number of para-hydroxylation sites is 1. The van der Waals surface area contributed by atoms with Gasteiger partial charge in [-0.05, 0) is 43.2 Å². The summed E-state index contributed by atoms with van der Waals surface area (Å²) in [6.45, 7) is 3.97. The minimum absolute atomic E-state index is 0.0382. The van der Waals surface area contributed by atoms with Gasteiger partial charge in [-0.3, -0.25) is 4.79 Å². The minimum atomic E-state index is -0.0641. The second kappa shape index (κ2) is 5.93. The van der Waals surface area contributed by atoms with Crippen LogP contribution in [0.1, 0.15) is 21.5 Å². The summed E-state index contributed by atoms with van der Waals surface area (Å²) in [4.78, 5) is 20.5. The van der Waals surface area contributed by atoms with Crippen LogP contribution in [0.25, 0.3) is 10.9 Å². The van der Waals surface area contributed by atoms with Crippen molar-refractivity contribution in [2.45, 2.75) is 13.8 Å². The maximum Gasteiger partial charge on any atom is 0.224 e. The lowest BCUT2D eigenvalue weighted by atomic mass is 10.0. The van der Waals surface area contributed by atoms with Crippen molar-refractivity contribution in [1.29, 1.82) is 0 Å². The third-order valence-electron chi connectivity index (χ3n) is 3.68. The van der Waals surface area contributed by atoms with Crippen molar-refractivity contribution in [3.63, 3.8) is 0 Å². The van der Waals surface area contributed by atoms with Gasteiger partial charge in [0.15, 0.2) is 12.4 Å². The molecule has 4 heteroatoms. The van der Waals surface area contributed by atoms with E-state index in [1.807, 2.05) is 56.3 Å². The smallest absolute Gasteiger partial charge is 0.224 e. The maximum atomic E-state index is 12.2. The van der Waals surface area contributed by atoms with Gasteiger partial charge in [0.2, 0.25) is 5.88 Å². The van der Waals surface area contributed by atoms with Crippen LogP contribution in [0.15, 0.2) is 48.8 Å². The van der Waals surface area contributed by atoms with Crippen LogP contribution < -0.4 is 4.74 Å². The molecule has 3 aromatic rings. The average molecular weight is 292 g/mol. The highest BCUT2D eigenvalue weighted by atomic mass is 16.5. The fourth-order valence-electron chi connectivity index (χ4n) is 2.23. The number of nitrogens with zero attached hydrogens (tertiary/aromatic N) is 2. The zero-order valence-electron chi connectivity index (χ0n) is 12.5. The first-order valence-electron chi connectivity index (χ1n) is 7.08. The van der Waals surface area contributed by atoms with Crippen molar-refractivity contribution in [3.05, 3.63) is 65.5 Å². The van der Waals surface area contributed by atoms with Crippen LogP contribution >= 0.6 is 0 Å². The zero-order chi connectivity index (χ0) is 15.5. The monoisotopic (exact) mass is 292 g/mol. The highest BCUT2D eigenvalue weighted by Gasteiger charge is 2.10. The summed E-state index contributed by atoms with van der Waals surface area (Å²) in [6, 6.07) is 13.2. The summed E-state index contributed by atoms with van der Waals surface area (Å²) in [5, 5.41) is 0.804. The summed E-state index contributed by atoms with van der Waals surface area (Å²) >= 11 is 0. The third-order valence-corrected chi connectivity index (χ3v) is 3.68. The van der Waals surface area contributed by atoms with Crippen LogP contribution in [0, 0.1) is 13.8 Å². The van der Waals surface area contributed by atoms with E-state index in [0.29, 0.717) is 11.4 Å². The standard InChI is InChI=1S/C18H16N2O2/c1-12-7-8-14(9-13(12)2)17(21)10-22-18-15-5-3-4-6-16(15)19-11-20-18/h3-9,11H,10H2,1-2H3.